The fourth-order valence-corrected chi connectivity index (χ4v) is 5.89. The molecule has 0 bridgehead atoms. The summed E-state index contributed by atoms with van der Waals surface area (Å²) in [4.78, 5) is 18.5. The quantitative estimate of drug-likeness (QED) is 0.408. The molecule has 0 saturated carbocycles. The van der Waals surface area contributed by atoms with Crippen LogP contribution in [0.2, 0.25) is 0 Å². The van der Waals surface area contributed by atoms with Crippen molar-refractivity contribution in [2.45, 2.75) is 11.3 Å². The molecule has 3 aromatic carbocycles. The van der Waals surface area contributed by atoms with Crippen LogP contribution < -0.4 is 9.62 Å². The predicted molar refractivity (Wildman–Crippen MR) is 127 cm³/mol. The summed E-state index contributed by atoms with van der Waals surface area (Å²) < 4.78 is 27.0. The molecule has 1 aliphatic carbocycles. The van der Waals surface area contributed by atoms with Gasteiger partial charge in [-0.25, -0.2) is 13.4 Å². The number of aromatic nitrogens is 1. The van der Waals surface area contributed by atoms with Gasteiger partial charge in [0.25, 0.3) is 15.9 Å². The van der Waals surface area contributed by atoms with Crippen LogP contribution in [0, 0.1) is 0 Å². The van der Waals surface area contributed by atoms with Crippen molar-refractivity contribution in [3.05, 3.63) is 94.9 Å². The van der Waals surface area contributed by atoms with E-state index in [0.717, 1.165) is 22.6 Å². The Morgan fingerprint density at radius 3 is 2.41 bits per heavy atom. The first-order valence-electron chi connectivity index (χ1n) is 9.97. The van der Waals surface area contributed by atoms with E-state index in [9.17, 15) is 13.2 Å². The van der Waals surface area contributed by atoms with Gasteiger partial charge in [0.15, 0.2) is 5.13 Å². The first-order chi connectivity index (χ1) is 15.4. The maximum Gasteiger partial charge on any atom is 0.264 e. The molecule has 0 fully saturated rings. The molecule has 1 N–H and O–H groups in total. The number of thiazole rings is 1. The summed E-state index contributed by atoms with van der Waals surface area (Å²) in [5.74, 6) is -0.328. The van der Waals surface area contributed by atoms with Crippen LogP contribution in [0.15, 0.2) is 83.8 Å². The lowest BCUT2D eigenvalue weighted by molar-refractivity contribution is 0.102. The van der Waals surface area contributed by atoms with E-state index in [1.54, 1.807) is 24.3 Å². The number of para-hydroxylation sites is 1. The van der Waals surface area contributed by atoms with Crippen molar-refractivity contribution in [2.24, 2.45) is 0 Å². The van der Waals surface area contributed by atoms with Crippen LogP contribution in [0.3, 0.4) is 0 Å². The number of anilines is 2. The number of benzene rings is 3. The van der Waals surface area contributed by atoms with Crippen molar-refractivity contribution in [3.8, 4) is 11.3 Å². The minimum atomic E-state index is -3.73. The van der Waals surface area contributed by atoms with Crippen LogP contribution in [0.4, 0.5) is 10.8 Å². The summed E-state index contributed by atoms with van der Waals surface area (Å²) in [7, 11) is -2.22. The standard InChI is InChI=1S/C24H19N3O3S2/c1-27(18-8-3-2-4-9-18)32(29,30)19-13-11-16(12-14-19)23(28)26-24-25-22-20-10-6-5-7-17(20)15-21(22)31-24/h2-14H,15H2,1H3,(H,25,26,28). The Morgan fingerprint density at radius 1 is 0.969 bits per heavy atom. The fourth-order valence-electron chi connectivity index (χ4n) is 3.70. The number of carbonyl (C=O) groups excluding carboxylic acids is 1. The topological polar surface area (TPSA) is 79.4 Å². The van der Waals surface area contributed by atoms with Crippen LogP contribution in [0.1, 0.15) is 20.8 Å². The fraction of sp³-hybridized carbons (Fsp3) is 0.0833. The highest BCUT2D eigenvalue weighted by Crippen LogP contribution is 2.40. The summed E-state index contributed by atoms with van der Waals surface area (Å²) >= 11 is 1.46. The number of rotatable bonds is 5. The molecule has 32 heavy (non-hydrogen) atoms. The normalized spacial score (nSPS) is 12.2. The molecule has 5 rings (SSSR count). The molecule has 6 nitrogen and oxygen atoms in total. The van der Waals surface area contributed by atoms with Crippen LogP contribution in [-0.2, 0) is 16.4 Å². The molecule has 1 heterocycles. The molecule has 160 valence electrons. The Kier molecular flexibility index (Phi) is 5.03. The minimum absolute atomic E-state index is 0.116. The zero-order valence-corrected chi connectivity index (χ0v) is 18.8. The first kappa shape index (κ1) is 20.4. The van der Waals surface area contributed by atoms with Crippen LogP contribution >= 0.6 is 11.3 Å². The molecule has 8 heteroatoms. The Balaban J connectivity index is 1.32. The molecule has 1 amide bonds. The lowest BCUT2D eigenvalue weighted by Crippen LogP contribution is -2.26. The molecular weight excluding hydrogens is 442 g/mol. The lowest BCUT2D eigenvalue weighted by Gasteiger charge is -2.19. The third-order valence-electron chi connectivity index (χ3n) is 5.44. The van der Waals surface area contributed by atoms with E-state index in [0.29, 0.717) is 16.4 Å². The van der Waals surface area contributed by atoms with Gasteiger partial charge in [-0.05, 0) is 42.0 Å². The van der Waals surface area contributed by atoms with Gasteiger partial charge in [0.1, 0.15) is 0 Å². The second-order valence-corrected chi connectivity index (χ2v) is 10.5. The van der Waals surface area contributed by atoms with E-state index in [2.05, 4.69) is 16.4 Å². The Labute approximate surface area is 190 Å². The third-order valence-corrected chi connectivity index (χ3v) is 8.21. The van der Waals surface area contributed by atoms with E-state index in [1.165, 1.54) is 52.5 Å². The number of hydrogen-bond acceptors (Lipinski definition) is 5. The van der Waals surface area contributed by atoms with Gasteiger partial charge in [-0.3, -0.25) is 14.4 Å². The van der Waals surface area contributed by atoms with Crippen molar-refractivity contribution in [2.75, 3.05) is 16.7 Å². The summed E-state index contributed by atoms with van der Waals surface area (Å²) in [5.41, 5.74) is 4.20. The van der Waals surface area contributed by atoms with Gasteiger partial charge in [0, 0.05) is 29.5 Å². The summed E-state index contributed by atoms with van der Waals surface area (Å²) in [6.07, 6.45) is 0.820. The van der Waals surface area contributed by atoms with E-state index in [1.807, 2.05) is 24.3 Å². The van der Waals surface area contributed by atoms with E-state index >= 15 is 0 Å². The van der Waals surface area contributed by atoms with Gasteiger partial charge >= 0.3 is 0 Å². The van der Waals surface area contributed by atoms with Crippen molar-refractivity contribution in [1.29, 1.82) is 0 Å². The van der Waals surface area contributed by atoms with Crippen LogP contribution in [0.5, 0.6) is 0 Å². The highest BCUT2D eigenvalue weighted by molar-refractivity contribution is 7.92. The number of hydrogen-bond donors (Lipinski definition) is 1. The predicted octanol–water partition coefficient (Wildman–Crippen LogP) is 4.79. The van der Waals surface area contributed by atoms with Gasteiger partial charge < -0.3 is 0 Å². The second kappa shape index (κ2) is 7.89. The zero-order valence-electron chi connectivity index (χ0n) is 17.1. The number of nitrogens with one attached hydrogen (secondary N) is 1. The number of sulfonamides is 1. The summed E-state index contributed by atoms with van der Waals surface area (Å²) in [6.45, 7) is 0. The van der Waals surface area contributed by atoms with Crippen molar-refractivity contribution in [3.63, 3.8) is 0 Å². The highest BCUT2D eigenvalue weighted by atomic mass is 32.2. The molecule has 0 radical (unpaired) electrons. The minimum Gasteiger partial charge on any atom is -0.298 e. The second-order valence-electron chi connectivity index (χ2n) is 7.41. The zero-order chi connectivity index (χ0) is 22.3. The summed E-state index contributed by atoms with van der Waals surface area (Å²) in [6, 6.07) is 22.9. The molecule has 0 atom stereocenters. The van der Waals surface area contributed by atoms with Crippen LogP contribution in [0.25, 0.3) is 11.3 Å². The monoisotopic (exact) mass is 461 g/mol. The van der Waals surface area contributed by atoms with Gasteiger partial charge in [-0.1, -0.05) is 42.5 Å². The van der Waals surface area contributed by atoms with Gasteiger partial charge in [-0.2, -0.15) is 0 Å². The van der Waals surface area contributed by atoms with Crippen LogP contribution in [-0.4, -0.2) is 26.4 Å². The average Bonchev–Trinajstić information content (AvgIpc) is 3.36. The largest absolute Gasteiger partial charge is 0.298 e. The number of carbonyl (C=O) groups is 1. The van der Waals surface area contributed by atoms with E-state index in [4.69, 9.17) is 0 Å². The van der Waals surface area contributed by atoms with Crippen molar-refractivity contribution in [1.82, 2.24) is 4.98 Å². The molecule has 4 aromatic rings. The van der Waals surface area contributed by atoms with Gasteiger partial charge in [-0.15, -0.1) is 11.3 Å². The van der Waals surface area contributed by atoms with E-state index in [-0.39, 0.29) is 10.8 Å². The number of nitrogens with zero attached hydrogens (tertiary/aromatic N) is 2. The Hall–Kier alpha value is -3.49. The molecule has 0 saturated heterocycles. The maximum absolute atomic E-state index is 12.9. The molecule has 1 aromatic heterocycles. The van der Waals surface area contributed by atoms with Crippen molar-refractivity contribution >= 4 is 38.1 Å². The maximum atomic E-state index is 12.9. The Morgan fingerprint density at radius 2 is 1.66 bits per heavy atom. The lowest BCUT2D eigenvalue weighted by atomic mass is 10.1. The highest BCUT2D eigenvalue weighted by Gasteiger charge is 2.24. The van der Waals surface area contributed by atoms with Gasteiger partial charge in [0.2, 0.25) is 0 Å². The summed E-state index contributed by atoms with van der Waals surface area (Å²) in [5, 5.41) is 3.37. The molecule has 0 aliphatic heterocycles. The Bertz CT molecular complexity index is 1410. The number of amides is 1. The SMILES string of the molecule is CN(c1ccccc1)S(=O)(=O)c1ccc(C(=O)Nc2nc3c(s2)Cc2ccccc2-3)cc1. The first-order valence-corrected chi connectivity index (χ1v) is 12.2. The van der Waals surface area contributed by atoms with Gasteiger partial charge in [0.05, 0.1) is 16.3 Å². The average molecular weight is 462 g/mol. The molecular formula is C24H19N3O3S2. The molecule has 0 spiro atoms. The molecule has 0 unspecified atom stereocenters. The van der Waals surface area contributed by atoms with E-state index < -0.39 is 10.0 Å². The van der Waals surface area contributed by atoms with Crippen molar-refractivity contribution < 1.29 is 13.2 Å². The number of fused-ring (bicyclic) bond motifs is 3. The smallest absolute Gasteiger partial charge is 0.264 e. The molecule has 1 aliphatic rings. The third kappa shape index (κ3) is 3.57.